The monoisotopic (exact) mass is 274 g/mol. The van der Waals surface area contributed by atoms with Gasteiger partial charge in [0.15, 0.2) is 0 Å². The molecule has 3 heteroatoms. The van der Waals surface area contributed by atoms with E-state index in [2.05, 4.69) is 6.92 Å². The van der Waals surface area contributed by atoms with Gasteiger partial charge in [0.05, 0.1) is 18.8 Å². The summed E-state index contributed by atoms with van der Waals surface area (Å²) in [4.78, 5) is 0. The smallest absolute Gasteiger partial charge is 0.0615 e. The standard InChI is InChI=1S/C16H34O3/c1-3-4-5-6-7-8-9-10-11-12-16(19)15(13-17)14(2)18/h14-19H,3-13H2,1-2H3. The van der Waals surface area contributed by atoms with Crippen LogP contribution in [0.2, 0.25) is 0 Å². The molecule has 0 rings (SSSR count). The molecule has 0 radical (unpaired) electrons. The highest BCUT2D eigenvalue weighted by atomic mass is 16.3. The zero-order valence-corrected chi connectivity index (χ0v) is 12.9. The molecule has 0 saturated heterocycles. The lowest BCUT2D eigenvalue weighted by molar-refractivity contribution is -0.0127. The fourth-order valence-electron chi connectivity index (χ4n) is 2.47. The molecule has 0 heterocycles. The van der Waals surface area contributed by atoms with E-state index in [0.29, 0.717) is 6.42 Å². The molecule has 0 aromatic rings. The summed E-state index contributed by atoms with van der Waals surface area (Å²) in [5.74, 6) is -0.394. The molecule has 3 unspecified atom stereocenters. The summed E-state index contributed by atoms with van der Waals surface area (Å²) in [5.41, 5.74) is 0. The molecule has 0 aromatic carbocycles. The molecule has 0 saturated carbocycles. The van der Waals surface area contributed by atoms with Gasteiger partial charge in [-0.25, -0.2) is 0 Å². The van der Waals surface area contributed by atoms with Crippen molar-refractivity contribution in [1.82, 2.24) is 0 Å². The van der Waals surface area contributed by atoms with Crippen LogP contribution in [0, 0.1) is 5.92 Å². The summed E-state index contributed by atoms with van der Waals surface area (Å²) >= 11 is 0. The average Bonchev–Trinajstić information content (AvgIpc) is 2.37. The van der Waals surface area contributed by atoms with E-state index in [1.54, 1.807) is 6.92 Å². The summed E-state index contributed by atoms with van der Waals surface area (Å²) in [6.07, 6.45) is 10.8. The summed E-state index contributed by atoms with van der Waals surface area (Å²) in [5, 5.41) is 28.4. The average molecular weight is 274 g/mol. The van der Waals surface area contributed by atoms with Gasteiger partial charge in [0, 0.05) is 5.92 Å². The maximum Gasteiger partial charge on any atom is 0.0615 e. The minimum Gasteiger partial charge on any atom is -0.396 e. The van der Waals surface area contributed by atoms with Crippen LogP contribution in [0.1, 0.15) is 78.1 Å². The lowest BCUT2D eigenvalue weighted by Crippen LogP contribution is -2.32. The second-order valence-electron chi connectivity index (χ2n) is 5.77. The summed E-state index contributed by atoms with van der Waals surface area (Å²) in [6, 6.07) is 0. The van der Waals surface area contributed by atoms with E-state index in [-0.39, 0.29) is 6.61 Å². The Morgan fingerprint density at radius 3 is 1.68 bits per heavy atom. The van der Waals surface area contributed by atoms with E-state index in [9.17, 15) is 10.2 Å². The molecule has 19 heavy (non-hydrogen) atoms. The third-order valence-electron chi connectivity index (χ3n) is 3.93. The van der Waals surface area contributed by atoms with E-state index in [1.807, 2.05) is 0 Å². The molecule has 0 aliphatic heterocycles. The van der Waals surface area contributed by atoms with Crippen LogP contribution in [-0.2, 0) is 0 Å². The van der Waals surface area contributed by atoms with Crippen molar-refractivity contribution in [1.29, 1.82) is 0 Å². The van der Waals surface area contributed by atoms with Crippen molar-refractivity contribution in [2.24, 2.45) is 5.92 Å². The molecule has 3 N–H and O–H groups in total. The van der Waals surface area contributed by atoms with Gasteiger partial charge in [0.1, 0.15) is 0 Å². The number of unbranched alkanes of at least 4 members (excludes halogenated alkanes) is 8. The summed E-state index contributed by atoms with van der Waals surface area (Å²) < 4.78 is 0. The Morgan fingerprint density at radius 1 is 0.789 bits per heavy atom. The topological polar surface area (TPSA) is 60.7 Å². The highest BCUT2D eigenvalue weighted by Crippen LogP contribution is 2.16. The van der Waals surface area contributed by atoms with Gasteiger partial charge in [0.25, 0.3) is 0 Å². The van der Waals surface area contributed by atoms with E-state index >= 15 is 0 Å². The molecule has 0 bridgehead atoms. The third kappa shape index (κ3) is 10.3. The molecule has 0 fully saturated rings. The van der Waals surface area contributed by atoms with Gasteiger partial charge in [-0.2, -0.15) is 0 Å². The number of aliphatic hydroxyl groups is 3. The van der Waals surface area contributed by atoms with Gasteiger partial charge in [-0.1, -0.05) is 64.7 Å². The fourth-order valence-corrected chi connectivity index (χ4v) is 2.47. The van der Waals surface area contributed by atoms with E-state index in [4.69, 9.17) is 5.11 Å². The quantitative estimate of drug-likeness (QED) is 0.452. The largest absolute Gasteiger partial charge is 0.396 e. The van der Waals surface area contributed by atoms with Crippen LogP contribution in [0.4, 0.5) is 0 Å². The van der Waals surface area contributed by atoms with Gasteiger partial charge in [-0.15, -0.1) is 0 Å². The van der Waals surface area contributed by atoms with E-state index < -0.39 is 18.1 Å². The van der Waals surface area contributed by atoms with Crippen molar-refractivity contribution in [3.63, 3.8) is 0 Å². The lowest BCUT2D eigenvalue weighted by Gasteiger charge is -2.23. The predicted octanol–water partition coefficient (Wildman–Crippen LogP) is 3.26. The number of hydrogen-bond donors (Lipinski definition) is 3. The van der Waals surface area contributed by atoms with Gasteiger partial charge < -0.3 is 15.3 Å². The molecule has 0 aliphatic carbocycles. The van der Waals surface area contributed by atoms with Crippen LogP contribution in [0.3, 0.4) is 0 Å². The minimum atomic E-state index is -0.640. The SMILES string of the molecule is CCCCCCCCCCCC(O)C(CO)C(C)O. The Morgan fingerprint density at radius 2 is 1.26 bits per heavy atom. The van der Waals surface area contributed by atoms with Crippen molar-refractivity contribution in [3.05, 3.63) is 0 Å². The van der Waals surface area contributed by atoms with Crippen LogP contribution in [0.25, 0.3) is 0 Å². The third-order valence-corrected chi connectivity index (χ3v) is 3.93. The Kier molecular flexibility index (Phi) is 12.8. The van der Waals surface area contributed by atoms with Crippen molar-refractivity contribution in [3.8, 4) is 0 Å². The molecular weight excluding hydrogens is 240 g/mol. The zero-order valence-electron chi connectivity index (χ0n) is 12.9. The van der Waals surface area contributed by atoms with E-state index in [0.717, 1.165) is 12.8 Å². The Balaban J connectivity index is 3.38. The second kappa shape index (κ2) is 12.9. The highest BCUT2D eigenvalue weighted by Gasteiger charge is 2.22. The Hall–Kier alpha value is -0.120. The van der Waals surface area contributed by atoms with Crippen LogP contribution in [0.15, 0.2) is 0 Å². The van der Waals surface area contributed by atoms with Crippen molar-refractivity contribution >= 4 is 0 Å². The van der Waals surface area contributed by atoms with Gasteiger partial charge in [0.2, 0.25) is 0 Å². The van der Waals surface area contributed by atoms with Crippen molar-refractivity contribution < 1.29 is 15.3 Å². The van der Waals surface area contributed by atoms with Gasteiger partial charge in [-0.05, 0) is 13.3 Å². The number of rotatable bonds is 13. The predicted molar refractivity (Wildman–Crippen MR) is 80.1 cm³/mol. The molecule has 0 aliphatic rings. The highest BCUT2D eigenvalue weighted by molar-refractivity contribution is 4.72. The van der Waals surface area contributed by atoms with Crippen LogP contribution in [-0.4, -0.2) is 34.1 Å². The first kappa shape index (κ1) is 18.9. The normalized spacial score (nSPS) is 16.3. The van der Waals surface area contributed by atoms with Gasteiger partial charge in [-0.3, -0.25) is 0 Å². The molecule has 3 nitrogen and oxygen atoms in total. The lowest BCUT2D eigenvalue weighted by atomic mass is 9.93. The fraction of sp³-hybridized carbons (Fsp3) is 1.00. The second-order valence-corrected chi connectivity index (χ2v) is 5.77. The van der Waals surface area contributed by atoms with Gasteiger partial charge >= 0.3 is 0 Å². The summed E-state index contributed by atoms with van der Waals surface area (Å²) in [7, 11) is 0. The van der Waals surface area contributed by atoms with Crippen molar-refractivity contribution in [2.75, 3.05) is 6.61 Å². The first-order valence-corrected chi connectivity index (χ1v) is 8.10. The van der Waals surface area contributed by atoms with Crippen LogP contribution in [0.5, 0.6) is 0 Å². The van der Waals surface area contributed by atoms with E-state index in [1.165, 1.54) is 44.9 Å². The molecule has 0 spiro atoms. The molecule has 3 atom stereocenters. The maximum atomic E-state index is 9.86. The first-order valence-electron chi connectivity index (χ1n) is 8.10. The minimum absolute atomic E-state index is 0.143. The number of aliphatic hydroxyl groups excluding tert-OH is 3. The zero-order chi connectivity index (χ0) is 14.5. The maximum absolute atomic E-state index is 9.86. The molecule has 0 amide bonds. The molecule has 0 aromatic heterocycles. The summed E-state index contributed by atoms with van der Waals surface area (Å²) in [6.45, 7) is 3.72. The van der Waals surface area contributed by atoms with Crippen LogP contribution >= 0.6 is 0 Å². The Bertz CT molecular complexity index is 183. The molecule has 116 valence electrons. The van der Waals surface area contributed by atoms with Crippen molar-refractivity contribution in [2.45, 2.75) is 90.3 Å². The molecular formula is C16H34O3. The van der Waals surface area contributed by atoms with Crippen LogP contribution < -0.4 is 0 Å². The Labute approximate surface area is 119 Å². The first-order chi connectivity index (χ1) is 9.13. The number of hydrogen-bond acceptors (Lipinski definition) is 3.